The number of nitrogen functional groups attached to an aromatic ring is 1. The molecule has 0 atom stereocenters. The van der Waals surface area contributed by atoms with Crippen LogP contribution in [0.2, 0.25) is 0 Å². The van der Waals surface area contributed by atoms with E-state index in [1.807, 2.05) is 0 Å². The maximum absolute atomic E-state index is 10.5. The summed E-state index contributed by atoms with van der Waals surface area (Å²) in [6, 6.07) is 0.671. The smallest absolute Gasteiger partial charge is 0.317 e. The third-order valence-corrected chi connectivity index (χ3v) is 1.64. The van der Waals surface area contributed by atoms with Crippen molar-refractivity contribution in [2.24, 2.45) is 5.73 Å². The number of carbonyl (C=O) groups excluding carboxylic acids is 1. The Balaban J connectivity index is 2.97. The largest absolute Gasteiger partial charge is 0.481 e. The van der Waals surface area contributed by atoms with Crippen molar-refractivity contribution in [1.82, 2.24) is 4.98 Å². The highest BCUT2D eigenvalue weighted by atomic mass is 16.5. The second-order valence-electron chi connectivity index (χ2n) is 2.68. The summed E-state index contributed by atoms with van der Waals surface area (Å²) >= 11 is 0. The van der Waals surface area contributed by atoms with Gasteiger partial charge in [-0.1, -0.05) is 0 Å². The third-order valence-electron chi connectivity index (χ3n) is 1.64. The van der Waals surface area contributed by atoms with Crippen LogP contribution in [0, 0.1) is 5.41 Å². The van der Waals surface area contributed by atoms with Gasteiger partial charge in [0.05, 0.1) is 12.7 Å². The summed E-state index contributed by atoms with van der Waals surface area (Å²) in [6.45, 7) is 0. The number of aromatic nitrogens is 1. The van der Waals surface area contributed by atoms with Crippen molar-refractivity contribution in [3.63, 3.8) is 0 Å². The Labute approximate surface area is 85.9 Å². The molecule has 1 aromatic rings. The number of urea groups is 1. The summed E-state index contributed by atoms with van der Waals surface area (Å²) in [5.74, 6) is 0.137. The lowest BCUT2D eigenvalue weighted by Gasteiger charge is -2.07. The molecule has 0 saturated heterocycles. The van der Waals surface area contributed by atoms with Crippen LogP contribution in [0.1, 0.15) is 5.56 Å². The lowest BCUT2D eigenvalue weighted by Crippen LogP contribution is -2.20. The number of hydrogen-bond donors (Lipinski definition) is 4. The number of amides is 2. The minimum Gasteiger partial charge on any atom is -0.481 e. The zero-order valence-electron chi connectivity index (χ0n) is 8.07. The van der Waals surface area contributed by atoms with Gasteiger partial charge in [-0.2, -0.15) is 0 Å². The Morgan fingerprint density at radius 2 is 2.33 bits per heavy atom. The van der Waals surface area contributed by atoms with E-state index >= 15 is 0 Å². The van der Waals surface area contributed by atoms with E-state index in [-0.39, 0.29) is 17.4 Å². The molecule has 0 saturated carbocycles. The molecular formula is C8H11N5O2. The van der Waals surface area contributed by atoms with Crippen LogP contribution in [0.3, 0.4) is 0 Å². The summed E-state index contributed by atoms with van der Waals surface area (Å²) in [5, 5.41) is 9.64. The molecule has 80 valence electrons. The molecule has 0 radical (unpaired) electrons. The summed E-state index contributed by atoms with van der Waals surface area (Å²) in [7, 11) is 1.36. The van der Waals surface area contributed by atoms with Crippen LogP contribution < -0.4 is 16.8 Å². The Kier molecular flexibility index (Phi) is 3.06. The lowest BCUT2D eigenvalue weighted by molar-refractivity contribution is 0.259. The van der Waals surface area contributed by atoms with Crippen molar-refractivity contribution in [1.29, 1.82) is 5.41 Å². The molecular weight excluding hydrogens is 198 g/mol. The predicted octanol–water partition coefficient (Wildman–Crippen LogP) is 0.126. The van der Waals surface area contributed by atoms with Gasteiger partial charge in [-0.15, -0.1) is 0 Å². The summed E-state index contributed by atoms with van der Waals surface area (Å²) < 4.78 is 4.69. The number of hydrogen-bond acceptors (Lipinski definition) is 5. The topological polar surface area (TPSA) is 127 Å². The van der Waals surface area contributed by atoms with Crippen LogP contribution in [-0.4, -0.2) is 24.0 Å². The molecule has 15 heavy (non-hydrogen) atoms. The van der Waals surface area contributed by atoms with Crippen LogP contribution in [0.25, 0.3) is 0 Å². The fraction of sp³-hybridized carbons (Fsp3) is 0.125. The SMILES string of the molecule is COC(=N)c1cnc(NC(N)=O)cc1N. The molecule has 6 N–H and O–H groups in total. The standard InChI is InChI=1S/C8H11N5O2/c1-15-7(10)4-3-12-6(2-5(4)9)13-8(11)14/h2-3,10H,1H3,(H5,9,11,12,13,14). The van der Waals surface area contributed by atoms with Gasteiger partial charge in [0.25, 0.3) is 0 Å². The van der Waals surface area contributed by atoms with Crippen molar-refractivity contribution in [3.8, 4) is 0 Å². The molecule has 1 heterocycles. The number of rotatable bonds is 2. The average Bonchev–Trinajstić information content (AvgIpc) is 2.16. The minimum absolute atomic E-state index is 0.0920. The first-order valence-corrected chi connectivity index (χ1v) is 3.99. The van der Waals surface area contributed by atoms with E-state index in [0.717, 1.165) is 0 Å². The average molecular weight is 209 g/mol. The van der Waals surface area contributed by atoms with Crippen molar-refractivity contribution < 1.29 is 9.53 Å². The predicted molar refractivity (Wildman–Crippen MR) is 55.7 cm³/mol. The van der Waals surface area contributed by atoms with Crippen molar-refractivity contribution in [2.75, 3.05) is 18.2 Å². The van der Waals surface area contributed by atoms with Crippen LogP contribution in [0.4, 0.5) is 16.3 Å². The molecule has 0 aliphatic heterocycles. The van der Waals surface area contributed by atoms with E-state index in [9.17, 15) is 4.79 Å². The first kappa shape index (κ1) is 10.8. The highest BCUT2D eigenvalue weighted by Gasteiger charge is 2.08. The highest BCUT2D eigenvalue weighted by Crippen LogP contribution is 2.15. The zero-order chi connectivity index (χ0) is 11.4. The molecule has 1 rings (SSSR count). The number of nitrogens with zero attached hydrogens (tertiary/aromatic N) is 1. The van der Waals surface area contributed by atoms with Crippen LogP contribution in [0.5, 0.6) is 0 Å². The van der Waals surface area contributed by atoms with Gasteiger partial charge in [-0.3, -0.25) is 10.7 Å². The molecule has 0 aromatic carbocycles. The molecule has 0 bridgehead atoms. The molecule has 0 spiro atoms. The van der Waals surface area contributed by atoms with Crippen LogP contribution in [0.15, 0.2) is 12.3 Å². The maximum Gasteiger partial charge on any atom is 0.317 e. The number of nitrogens with one attached hydrogen (secondary N) is 2. The number of nitrogens with two attached hydrogens (primary N) is 2. The van der Waals surface area contributed by atoms with Gasteiger partial charge in [-0.25, -0.2) is 9.78 Å². The molecule has 1 aromatic heterocycles. The van der Waals surface area contributed by atoms with E-state index in [4.69, 9.17) is 16.9 Å². The third kappa shape index (κ3) is 2.56. The van der Waals surface area contributed by atoms with Gasteiger partial charge in [0.15, 0.2) is 0 Å². The maximum atomic E-state index is 10.5. The van der Waals surface area contributed by atoms with Gasteiger partial charge in [0, 0.05) is 18.0 Å². The first-order valence-electron chi connectivity index (χ1n) is 3.99. The van der Waals surface area contributed by atoms with Gasteiger partial charge in [0.2, 0.25) is 5.90 Å². The van der Waals surface area contributed by atoms with Crippen LogP contribution in [-0.2, 0) is 4.74 Å². The van der Waals surface area contributed by atoms with E-state index in [1.165, 1.54) is 19.4 Å². The van der Waals surface area contributed by atoms with E-state index in [1.54, 1.807) is 0 Å². The molecule has 7 nitrogen and oxygen atoms in total. The monoisotopic (exact) mass is 209 g/mol. The normalized spacial score (nSPS) is 9.40. The lowest BCUT2D eigenvalue weighted by atomic mass is 10.2. The zero-order valence-corrected chi connectivity index (χ0v) is 8.07. The molecule has 0 unspecified atom stereocenters. The Hall–Kier alpha value is -2.31. The number of anilines is 2. The van der Waals surface area contributed by atoms with Crippen molar-refractivity contribution in [3.05, 3.63) is 17.8 Å². The fourth-order valence-corrected chi connectivity index (χ4v) is 0.965. The number of ether oxygens (including phenoxy) is 1. The van der Waals surface area contributed by atoms with Crippen molar-refractivity contribution in [2.45, 2.75) is 0 Å². The van der Waals surface area contributed by atoms with Crippen molar-refractivity contribution >= 4 is 23.4 Å². The quantitative estimate of drug-likeness (QED) is 0.407. The number of methoxy groups -OCH3 is 1. The number of carbonyl (C=O) groups is 1. The molecule has 2 amide bonds. The van der Waals surface area contributed by atoms with E-state index in [0.29, 0.717) is 5.56 Å². The summed E-state index contributed by atoms with van der Waals surface area (Å²) in [5.41, 5.74) is 11.2. The molecule has 0 aliphatic rings. The molecule has 7 heteroatoms. The number of primary amides is 1. The van der Waals surface area contributed by atoms with Gasteiger partial charge < -0.3 is 16.2 Å². The Morgan fingerprint density at radius 1 is 1.67 bits per heavy atom. The van der Waals surface area contributed by atoms with E-state index in [2.05, 4.69) is 15.0 Å². The van der Waals surface area contributed by atoms with E-state index < -0.39 is 6.03 Å². The minimum atomic E-state index is -0.725. The fourth-order valence-electron chi connectivity index (χ4n) is 0.965. The summed E-state index contributed by atoms with van der Waals surface area (Å²) in [4.78, 5) is 14.4. The second-order valence-corrected chi connectivity index (χ2v) is 2.68. The Morgan fingerprint density at radius 3 is 2.80 bits per heavy atom. The highest BCUT2D eigenvalue weighted by molar-refractivity contribution is 5.97. The summed E-state index contributed by atoms with van der Waals surface area (Å²) in [6.07, 6.45) is 1.33. The number of pyridine rings is 1. The molecule has 0 aliphatic carbocycles. The first-order chi connectivity index (χ1) is 7.04. The van der Waals surface area contributed by atoms with Gasteiger partial charge in [-0.05, 0) is 0 Å². The second kappa shape index (κ2) is 4.27. The Bertz CT molecular complexity index is 404. The van der Waals surface area contributed by atoms with Gasteiger partial charge in [0.1, 0.15) is 5.82 Å². The van der Waals surface area contributed by atoms with Crippen LogP contribution >= 0.6 is 0 Å². The van der Waals surface area contributed by atoms with Gasteiger partial charge >= 0.3 is 6.03 Å². The molecule has 0 fully saturated rings.